The van der Waals surface area contributed by atoms with Crippen molar-refractivity contribution in [3.63, 3.8) is 0 Å². The Morgan fingerprint density at radius 3 is 2.75 bits per heavy atom. The number of benzene rings is 1. The first-order chi connectivity index (χ1) is 7.64. The van der Waals surface area contributed by atoms with E-state index in [0.29, 0.717) is 18.4 Å². The van der Waals surface area contributed by atoms with Gasteiger partial charge in [0.05, 0.1) is 7.11 Å². The fraction of sp³-hybridized carbons (Fsp3) is 0.364. The highest BCUT2D eigenvalue weighted by Crippen LogP contribution is 2.53. The van der Waals surface area contributed by atoms with Gasteiger partial charge in [0.2, 0.25) is 11.9 Å². The first-order valence-electron chi connectivity index (χ1n) is 4.79. The summed E-state index contributed by atoms with van der Waals surface area (Å²) in [5, 5.41) is 9.67. The molecular formula is C11H10FNO3. The molecule has 0 unspecified atom stereocenters. The molecule has 1 N–H and O–H groups in total. The zero-order valence-electron chi connectivity index (χ0n) is 8.66. The van der Waals surface area contributed by atoms with Crippen LogP contribution in [0.2, 0.25) is 0 Å². The molecule has 5 heteroatoms. The molecule has 0 heterocycles. The SMILES string of the molecule is COc1ccc(C2(N=C=O)CC2)c(O)c1F. The van der Waals surface area contributed by atoms with E-state index in [0.717, 1.165) is 0 Å². The van der Waals surface area contributed by atoms with E-state index in [1.807, 2.05) is 0 Å². The Hall–Kier alpha value is -1.87. The van der Waals surface area contributed by atoms with E-state index in [1.165, 1.54) is 25.3 Å². The fourth-order valence-electron chi connectivity index (χ4n) is 1.73. The molecule has 1 fully saturated rings. The average molecular weight is 223 g/mol. The number of ether oxygens (including phenoxy) is 1. The van der Waals surface area contributed by atoms with Crippen molar-refractivity contribution in [3.8, 4) is 11.5 Å². The third-order valence-electron chi connectivity index (χ3n) is 2.79. The molecule has 0 saturated heterocycles. The van der Waals surface area contributed by atoms with E-state index < -0.39 is 17.1 Å². The number of isocyanates is 1. The van der Waals surface area contributed by atoms with E-state index in [9.17, 15) is 14.3 Å². The first kappa shape index (κ1) is 10.6. The Balaban J connectivity index is 2.52. The van der Waals surface area contributed by atoms with Crippen LogP contribution < -0.4 is 4.74 Å². The number of rotatable bonds is 3. The molecule has 0 aliphatic heterocycles. The van der Waals surface area contributed by atoms with Crippen molar-refractivity contribution in [2.75, 3.05) is 7.11 Å². The van der Waals surface area contributed by atoms with Gasteiger partial charge in [0.1, 0.15) is 5.54 Å². The van der Waals surface area contributed by atoms with Gasteiger partial charge in [-0.15, -0.1) is 0 Å². The normalized spacial score (nSPS) is 16.4. The van der Waals surface area contributed by atoms with Gasteiger partial charge in [-0.05, 0) is 25.0 Å². The van der Waals surface area contributed by atoms with Crippen molar-refractivity contribution in [2.24, 2.45) is 4.99 Å². The second kappa shape index (κ2) is 3.61. The summed E-state index contributed by atoms with van der Waals surface area (Å²) in [5.41, 5.74) is -0.465. The maximum atomic E-state index is 13.5. The van der Waals surface area contributed by atoms with Crippen LogP contribution >= 0.6 is 0 Å². The first-order valence-corrected chi connectivity index (χ1v) is 4.79. The molecule has 0 spiro atoms. The number of carbonyl (C=O) groups excluding carboxylic acids is 1. The number of halogens is 1. The minimum atomic E-state index is -0.827. The highest BCUT2D eigenvalue weighted by Gasteiger charge is 2.47. The zero-order valence-corrected chi connectivity index (χ0v) is 8.66. The van der Waals surface area contributed by atoms with Gasteiger partial charge in [0, 0.05) is 5.56 Å². The highest BCUT2D eigenvalue weighted by molar-refractivity contribution is 5.50. The van der Waals surface area contributed by atoms with Crippen LogP contribution in [0.15, 0.2) is 17.1 Å². The van der Waals surface area contributed by atoms with Gasteiger partial charge in [0.25, 0.3) is 0 Å². The zero-order chi connectivity index (χ0) is 11.8. The number of hydrogen-bond acceptors (Lipinski definition) is 4. The summed E-state index contributed by atoms with van der Waals surface area (Å²) < 4.78 is 18.3. The van der Waals surface area contributed by atoms with Crippen molar-refractivity contribution in [2.45, 2.75) is 18.4 Å². The summed E-state index contributed by atoms with van der Waals surface area (Å²) in [6.07, 6.45) is 2.68. The Labute approximate surface area is 91.4 Å². The second-order valence-electron chi connectivity index (χ2n) is 3.71. The number of aliphatic imine (C=N–C) groups is 1. The van der Waals surface area contributed by atoms with E-state index in [4.69, 9.17) is 4.74 Å². The molecule has 0 aromatic heterocycles. The topological polar surface area (TPSA) is 58.9 Å². The van der Waals surface area contributed by atoms with Gasteiger partial charge in [-0.3, -0.25) is 0 Å². The molecule has 1 aliphatic carbocycles. The Bertz CT molecular complexity index is 476. The quantitative estimate of drug-likeness (QED) is 0.628. The lowest BCUT2D eigenvalue weighted by atomic mass is 10.0. The molecule has 0 amide bonds. The molecule has 1 aliphatic rings. The number of aromatic hydroxyl groups is 1. The fourth-order valence-corrected chi connectivity index (χ4v) is 1.73. The standard InChI is InChI=1S/C11H10FNO3/c1-16-8-3-2-7(10(15)9(8)12)11(4-5-11)13-6-14/h2-3,15H,4-5H2,1H3. The number of nitrogens with zero attached hydrogens (tertiary/aromatic N) is 1. The van der Waals surface area contributed by atoms with Crippen molar-refractivity contribution in [1.82, 2.24) is 0 Å². The van der Waals surface area contributed by atoms with E-state index >= 15 is 0 Å². The summed E-state index contributed by atoms with van der Waals surface area (Å²) in [4.78, 5) is 13.9. The van der Waals surface area contributed by atoms with Gasteiger partial charge in [-0.25, -0.2) is 4.79 Å². The van der Waals surface area contributed by atoms with Crippen LogP contribution in [-0.2, 0) is 10.3 Å². The van der Waals surface area contributed by atoms with Crippen LogP contribution in [0, 0.1) is 5.82 Å². The van der Waals surface area contributed by atoms with Crippen LogP contribution in [0.25, 0.3) is 0 Å². The molecule has 16 heavy (non-hydrogen) atoms. The van der Waals surface area contributed by atoms with Crippen LogP contribution in [0.1, 0.15) is 18.4 Å². The lowest BCUT2D eigenvalue weighted by molar-refractivity contribution is 0.360. The molecule has 4 nitrogen and oxygen atoms in total. The van der Waals surface area contributed by atoms with Crippen LogP contribution in [0.5, 0.6) is 11.5 Å². The molecule has 0 atom stereocenters. The summed E-state index contributed by atoms with van der Waals surface area (Å²) in [5.74, 6) is -1.37. The van der Waals surface area contributed by atoms with Crippen LogP contribution in [-0.4, -0.2) is 18.3 Å². The Morgan fingerprint density at radius 2 is 2.25 bits per heavy atom. The Kier molecular flexibility index (Phi) is 2.40. The predicted molar refractivity (Wildman–Crippen MR) is 53.7 cm³/mol. The molecule has 1 aromatic carbocycles. The minimum absolute atomic E-state index is 0.0351. The smallest absolute Gasteiger partial charge is 0.235 e. The van der Waals surface area contributed by atoms with Gasteiger partial charge < -0.3 is 9.84 Å². The molecule has 84 valence electrons. The maximum Gasteiger partial charge on any atom is 0.235 e. The third kappa shape index (κ3) is 1.46. The minimum Gasteiger partial charge on any atom is -0.504 e. The lowest BCUT2D eigenvalue weighted by Crippen LogP contribution is -2.04. The predicted octanol–water partition coefficient (Wildman–Crippen LogP) is 1.86. The largest absolute Gasteiger partial charge is 0.504 e. The second-order valence-corrected chi connectivity index (χ2v) is 3.71. The summed E-state index contributed by atoms with van der Waals surface area (Å²) >= 11 is 0. The summed E-state index contributed by atoms with van der Waals surface area (Å²) in [6.45, 7) is 0. The number of methoxy groups -OCH3 is 1. The van der Waals surface area contributed by atoms with Crippen molar-refractivity contribution < 1.29 is 19.0 Å². The van der Waals surface area contributed by atoms with Gasteiger partial charge in [-0.1, -0.05) is 0 Å². The molecule has 1 aromatic rings. The number of phenols is 1. The van der Waals surface area contributed by atoms with Crippen molar-refractivity contribution in [3.05, 3.63) is 23.5 Å². The van der Waals surface area contributed by atoms with Crippen molar-refractivity contribution in [1.29, 1.82) is 0 Å². The third-order valence-corrected chi connectivity index (χ3v) is 2.79. The van der Waals surface area contributed by atoms with Crippen LogP contribution in [0.4, 0.5) is 4.39 Å². The molecular weight excluding hydrogens is 213 g/mol. The lowest BCUT2D eigenvalue weighted by Gasteiger charge is -2.12. The highest BCUT2D eigenvalue weighted by atomic mass is 19.1. The maximum absolute atomic E-state index is 13.5. The molecule has 0 bridgehead atoms. The summed E-state index contributed by atoms with van der Waals surface area (Å²) in [7, 11) is 1.31. The van der Waals surface area contributed by atoms with Gasteiger partial charge >= 0.3 is 0 Å². The van der Waals surface area contributed by atoms with E-state index in [-0.39, 0.29) is 5.75 Å². The van der Waals surface area contributed by atoms with Gasteiger partial charge in [0.15, 0.2) is 11.5 Å². The molecule has 2 rings (SSSR count). The van der Waals surface area contributed by atoms with E-state index in [1.54, 1.807) is 0 Å². The molecule has 0 radical (unpaired) electrons. The Morgan fingerprint density at radius 1 is 1.56 bits per heavy atom. The average Bonchev–Trinajstić information content (AvgIpc) is 3.03. The number of hydrogen-bond donors (Lipinski definition) is 1. The van der Waals surface area contributed by atoms with E-state index in [2.05, 4.69) is 4.99 Å². The van der Waals surface area contributed by atoms with Crippen molar-refractivity contribution >= 4 is 6.08 Å². The summed E-state index contributed by atoms with van der Waals surface area (Å²) in [6, 6.07) is 2.93. The van der Waals surface area contributed by atoms with Crippen LogP contribution in [0.3, 0.4) is 0 Å². The number of phenolic OH excluding ortho intramolecular Hbond substituents is 1. The molecule has 1 saturated carbocycles. The monoisotopic (exact) mass is 223 g/mol. The van der Waals surface area contributed by atoms with Gasteiger partial charge in [-0.2, -0.15) is 9.38 Å².